The Bertz CT molecular complexity index is 384. The SMILES string of the molecule is Cc1c(NN)nc(C2CC2)nc1NC(C)C. The fourth-order valence-electron chi connectivity index (χ4n) is 1.61. The quantitative estimate of drug-likeness (QED) is 0.533. The highest BCUT2D eigenvalue weighted by Crippen LogP contribution is 2.39. The predicted octanol–water partition coefficient (Wildman–Crippen LogP) is 1.77. The molecule has 0 unspecified atom stereocenters. The first kappa shape index (κ1) is 11.1. The lowest BCUT2D eigenvalue weighted by molar-refractivity contribution is 0.858. The summed E-state index contributed by atoms with van der Waals surface area (Å²) in [5.41, 5.74) is 3.61. The molecule has 4 N–H and O–H groups in total. The molecule has 0 aromatic carbocycles. The molecule has 1 fully saturated rings. The molecule has 1 aromatic rings. The number of nitrogen functional groups attached to an aromatic ring is 1. The van der Waals surface area contributed by atoms with E-state index in [9.17, 15) is 0 Å². The van der Waals surface area contributed by atoms with E-state index in [0.29, 0.717) is 12.0 Å². The van der Waals surface area contributed by atoms with Crippen molar-refractivity contribution in [1.29, 1.82) is 0 Å². The number of rotatable bonds is 4. The van der Waals surface area contributed by atoms with E-state index in [4.69, 9.17) is 5.84 Å². The Labute approximate surface area is 95.8 Å². The van der Waals surface area contributed by atoms with Gasteiger partial charge in [0.25, 0.3) is 0 Å². The smallest absolute Gasteiger partial charge is 0.148 e. The van der Waals surface area contributed by atoms with Crippen molar-refractivity contribution in [3.05, 3.63) is 11.4 Å². The number of nitrogens with one attached hydrogen (secondary N) is 2. The first-order valence-corrected chi connectivity index (χ1v) is 5.73. The largest absolute Gasteiger partial charge is 0.368 e. The molecule has 0 bridgehead atoms. The molecule has 88 valence electrons. The van der Waals surface area contributed by atoms with Gasteiger partial charge in [0.05, 0.1) is 0 Å². The average Bonchev–Trinajstić information content (AvgIpc) is 3.04. The van der Waals surface area contributed by atoms with Gasteiger partial charge in [-0.3, -0.25) is 0 Å². The summed E-state index contributed by atoms with van der Waals surface area (Å²) in [6, 6.07) is 0.353. The molecule has 0 radical (unpaired) electrons. The summed E-state index contributed by atoms with van der Waals surface area (Å²) in [6.45, 7) is 6.15. The van der Waals surface area contributed by atoms with Crippen LogP contribution in [-0.2, 0) is 0 Å². The van der Waals surface area contributed by atoms with E-state index in [2.05, 4.69) is 34.6 Å². The lowest BCUT2D eigenvalue weighted by Crippen LogP contribution is -2.17. The summed E-state index contributed by atoms with van der Waals surface area (Å²) in [6.07, 6.45) is 2.38. The van der Waals surface area contributed by atoms with E-state index < -0.39 is 0 Å². The Hall–Kier alpha value is -1.36. The van der Waals surface area contributed by atoms with Crippen molar-refractivity contribution in [3.8, 4) is 0 Å². The first-order valence-electron chi connectivity index (χ1n) is 5.73. The van der Waals surface area contributed by atoms with Crippen molar-refractivity contribution in [2.45, 2.75) is 45.6 Å². The second-order valence-corrected chi connectivity index (χ2v) is 4.62. The summed E-state index contributed by atoms with van der Waals surface area (Å²) < 4.78 is 0. The maximum absolute atomic E-state index is 5.47. The highest BCUT2D eigenvalue weighted by Gasteiger charge is 2.28. The molecular weight excluding hydrogens is 202 g/mol. The summed E-state index contributed by atoms with van der Waals surface area (Å²) in [5, 5.41) is 3.32. The maximum Gasteiger partial charge on any atom is 0.148 e. The standard InChI is InChI=1S/C11H19N5/c1-6(2)13-9-7(3)10(16-12)15-11(14-9)8-4-5-8/h6,8H,4-5,12H2,1-3H3,(H2,13,14,15,16). The van der Waals surface area contributed by atoms with Crippen LogP contribution in [-0.4, -0.2) is 16.0 Å². The Kier molecular flexibility index (Phi) is 2.96. The number of hydrogen-bond donors (Lipinski definition) is 3. The normalized spacial score (nSPS) is 15.3. The van der Waals surface area contributed by atoms with Gasteiger partial charge in [-0.2, -0.15) is 0 Å². The van der Waals surface area contributed by atoms with E-state index in [1.54, 1.807) is 0 Å². The molecule has 0 amide bonds. The Balaban J connectivity index is 2.36. The van der Waals surface area contributed by atoms with Crippen LogP contribution >= 0.6 is 0 Å². The van der Waals surface area contributed by atoms with Crippen LogP contribution in [0.3, 0.4) is 0 Å². The molecule has 0 spiro atoms. The molecule has 2 rings (SSSR count). The lowest BCUT2D eigenvalue weighted by Gasteiger charge is -2.15. The highest BCUT2D eigenvalue weighted by molar-refractivity contribution is 5.57. The molecule has 1 heterocycles. The van der Waals surface area contributed by atoms with Gasteiger partial charge in [0.1, 0.15) is 17.5 Å². The lowest BCUT2D eigenvalue weighted by atomic mass is 10.2. The zero-order chi connectivity index (χ0) is 11.7. The van der Waals surface area contributed by atoms with Crippen LogP contribution in [0.5, 0.6) is 0 Å². The second kappa shape index (κ2) is 4.25. The van der Waals surface area contributed by atoms with Crippen LogP contribution in [0.15, 0.2) is 0 Å². The van der Waals surface area contributed by atoms with E-state index in [1.165, 1.54) is 12.8 Å². The topological polar surface area (TPSA) is 75.9 Å². The van der Waals surface area contributed by atoms with Gasteiger partial charge in [0, 0.05) is 17.5 Å². The number of aromatic nitrogens is 2. The van der Waals surface area contributed by atoms with Gasteiger partial charge in [-0.05, 0) is 33.6 Å². The highest BCUT2D eigenvalue weighted by atomic mass is 15.3. The van der Waals surface area contributed by atoms with Crippen LogP contribution in [0.4, 0.5) is 11.6 Å². The van der Waals surface area contributed by atoms with Crippen LogP contribution in [0.25, 0.3) is 0 Å². The number of hydrazine groups is 1. The molecule has 1 aromatic heterocycles. The van der Waals surface area contributed by atoms with E-state index in [0.717, 1.165) is 23.0 Å². The molecule has 16 heavy (non-hydrogen) atoms. The van der Waals surface area contributed by atoms with Gasteiger partial charge in [-0.15, -0.1) is 0 Å². The van der Waals surface area contributed by atoms with Crippen molar-refractivity contribution in [1.82, 2.24) is 9.97 Å². The molecule has 0 saturated heterocycles. The molecule has 1 aliphatic rings. The fourth-order valence-corrected chi connectivity index (χ4v) is 1.61. The number of nitrogens with two attached hydrogens (primary N) is 1. The van der Waals surface area contributed by atoms with Crippen molar-refractivity contribution >= 4 is 11.6 Å². The third-order valence-electron chi connectivity index (χ3n) is 2.67. The van der Waals surface area contributed by atoms with Crippen LogP contribution in [0, 0.1) is 6.92 Å². The number of nitrogens with zero attached hydrogens (tertiary/aromatic N) is 2. The van der Waals surface area contributed by atoms with Crippen LogP contribution < -0.4 is 16.6 Å². The number of hydrogen-bond acceptors (Lipinski definition) is 5. The van der Waals surface area contributed by atoms with Crippen molar-refractivity contribution < 1.29 is 0 Å². The molecule has 0 atom stereocenters. The van der Waals surface area contributed by atoms with Gasteiger partial charge < -0.3 is 10.7 Å². The fraction of sp³-hybridized carbons (Fsp3) is 0.636. The minimum atomic E-state index is 0.353. The zero-order valence-electron chi connectivity index (χ0n) is 10.0. The van der Waals surface area contributed by atoms with Gasteiger partial charge in [0.2, 0.25) is 0 Å². The Morgan fingerprint density at radius 3 is 2.38 bits per heavy atom. The van der Waals surface area contributed by atoms with Crippen molar-refractivity contribution in [3.63, 3.8) is 0 Å². The minimum Gasteiger partial charge on any atom is -0.368 e. The molecule has 1 saturated carbocycles. The van der Waals surface area contributed by atoms with Crippen LogP contribution in [0.1, 0.15) is 44.0 Å². The van der Waals surface area contributed by atoms with Crippen molar-refractivity contribution in [2.24, 2.45) is 5.84 Å². The zero-order valence-corrected chi connectivity index (χ0v) is 10.0. The van der Waals surface area contributed by atoms with Gasteiger partial charge >= 0.3 is 0 Å². The number of anilines is 2. The van der Waals surface area contributed by atoms with Gasteiger partial charge in [0.15, 0.2) is 0 Å². The molecule has 1 aliphatic carbocycles. The predicted molar refractivity (Wildman–Crippen MR) is 65.3 cm³/mol. The maximum atomic E-state index is 5.47. The Morgan fingerprint density at radius 1 is 1.25 bits per heavy atom. The van der Waals surface area contributed by atoms with Gasteiger partial charge in [-0.25, -0.2) is 15.8 Å². The van der Waals surface area contributed by atoms with E-state index in [-0.39, 0.29) is 0 Å². The van der Waals surface area contributed by atoms with Crippen LogP contribution in [0.2, 0.25) is 0 Å². The van der Waals surface area contributed by atoms with Gasteiger partial charge in [-0.1, -0.05) is 0 Å². The first-order chi connectivity index (χ1) is 7.61. The molecule has 5 nitrogen and oxygen atoms in total. The summed E-state index contributed by atoms with van der Waals surface area (Å²) in [4.78, 5) is 9.00. The molecular formula is C11H19N5. The minimum absolute atomic E-state index is 0.353. The second-order valence-electron chi connectivity index (χ2n) is 4.62. The van der Waals surface area contributed by atoms with E-state index >= 15 is 0 Å². The summed E-state index contributed by atoms with van der Waals surface area (Å²) in [5.74, 6) is 8.52. The summed E-state index contributed by atoms with van der Waals surface area (Å²) >= 11 is 0. The van der Waals surface area contributed by atoms with E-state index in [1.807, 2.05) is 6.92 Å². The Morgan fingerprint density at radius 2 is 1.88 bits per heavy atom. The summed E-state index contributed by atoms with van der Waals surface area (Å²) in [7, 11) is 0. The molecule has 5 heteroatoms. The molecule has 0 aliphatic heterocycles. The average molecular weight is 221 g/mol. The third kappa shape index (κ3) is 2.24. The third-order valence-corrected chi connectivity index (χ3v) is 2.67. The monoisotopic (exact) mass is 221 g/mol. The van der Waals surface area contributed by atoms with Crippen molar-refractivity contribution in [2.75, 3.05) is 10.7 Å².